The Kier molecular flexibility index (Phi) is 2.86. The summed E-state index contributed by atoms with van der Waals surface area (Å²) in [5.74, 6) is 1.76. The zero-order chi connectivity index (χ0) is 14.2. The zero-order valence-corrected chi connectivity index (χ0v) is 12.0. The van der Waals surface area contributed by atoms with Crippen LogP contribution in [-0.4, -0.2) is 21.4 Å². The van der Waals surface area contributed by atoms with Crippen LogP contribution in [-0.2, 0) is 0 Å². The lowest BCUT2D eigenvalue weighted by molar-refractivity contribution is 0.316. The standard InChI is InChI=1S/C16H13N3OS/c21-16-18-17-15(11-6-2-1-3-7-11)19(16)13-10-20-14-9-5-4-8-12(13)14/h1-9,13H,10H2,(H,18,21). The molecule has 0 amide bonds. The Hall–Kier alpha value is -2.40. The van der Waals surface area contributed by atoms with Crippen molar-refractivity contribution < 1.29 is 4.74 Å². The number of nitrogens with one attached hydrogen (secondary N) is 1. The van der Waals surface area contributed by atoms with Crippen LogP contribution in [0.1, 0.15) is 11.6 Å². The van der Waals surface area contributed by atoms with Crippen LogP contribution in [0.25, 0.3) is 11.4 Å². The summed E-state index contributed by atoms with van der Waals surface area (Å²) in [4.78, 5) is 0. The van der Waals surface area contributed by atoms with Crippen molar-refractivity contribution in [2.75, 3.05) is 6.61 Å². The fourth-order valence-corrected chi connectivity index (χ4v) is 3.00. The van der Waals surface area contributed by atoms with Crippen LogP contribution in [0.15, 0.2) is 54.6 Å². The van der Waals surface area contributed by atoms with Gasteiger partial charge in [0.2, 0.25) is 0 Å². The van der Waals surface area contributed by atoms with Gasteiger partial charge >= 0.3 is 0 Å². The quantitative estimate of drug-likeness (QED) is 0.735. The molecule has 3 aromatic rings. The number of aromatic nitrogens is 3. The summed E-state index contributed by atoms with van der Waals surface area (Å²) in [7, 11) is 0. The first-order chi connectivity index (χ1) is 10.3. The van der Waals surface area contributed by atoms with Gasteiger partial charge in [0, 0.05) is 11.1 Å². The van der Waals surface area contributed by atoms with Crippen molar-refractivity contribution in [1.29, 1.82) is 0 Å². The molecule has 104 valence electrons. The molecule has 21 heavy (non-hydrogen) atoms. The summed E-state index contributed by atoms with van der Waals surface area (Å²) in [5.41, 5.74) is 2.18. The van der Waals surface area contributed by atoms with Crippen molar-refractivity contribution in [3.8, 4) is 17.1 Å². The lowest BCUT2D eigenvalue weighted by Crippen LogP contribution is -2.13. The monoisotopic (exact) mass is 295 g/mol. The van der Waals surface area contributed by atoms with Gasteiger partial charge in [-0.05, 0) is 18.3 Å². The molecule has 2 aromatic carbocycles. The highest BCUT2D eigenvalue weighted by Crippen LogP contribution is 2.36. The van der Waals surface area contributed by atoms with E-state index in [0.717, 1.165) is 22.7 Å². The lowest BCUT2D eigenvalue weighted by atomic mass is 10.1. The van der Waals surface area contributed by atoms with Gasteiger partial charge in [0.25, 0.3) is 0 Å². The molecule has 1 unspecified atom stereocenters. The number of hydrogen-bond donors (Lipinski definition) is 1. The van der Waals surface area contributed by atoms with Crippen molar-refractivity contribution in [3.05, 3.63) is 64.9 Å². The molecule has 1 aromatic heterocycles. The fourth-order valence-electron chi connectivity index (χ4n) is 2.74. The first-order valence-electron chi connectivity index (χ1n) is 6.78. The number of para-hydroxylation sites is 1. The van der Waals surface area contributed by atoms with Gasteiger partial charge in [0.15, 0.2) is 10.6 Å². The van der Waals surface area contributed by atoms with Crippen LogP contribution in [0.3, 0.4) is 0 Å². The first kappa shape index (κ1) is 12.3. The molecule has 4 nitrogen and oxygen atoms in total. The van der Waals surface area contributed by atoms with Gasteiger partial charge in [-0.25, -0.2) is 0 Å². The van der Waals surface area contributed by atoms with Gasteiger partial charge in [0.1, 0.15) is 18.4 Å². The third-order valence-electron chi connectivity index (χ3n) is 3.72. The maximum Gasteiger partial charge on any atom is 0.196 e. The second-order valence-electron chi connectivity index (χ2n) is 4.95. The number of H-pyrrole nitrogens is 1. The number of hydrogen-bond acceptors (Lipinski definition) is 3. The number of rotatable bonds is 2. The topological polar surface area (TPSA) is 42.8 Å². The summed E-state index contributed by atoms with van der Waals surface area (Å²) in [6, 6.07) is 18.2. The SMILES string of the molecule is S=c1[nH]nc(-c2ccccc2)n1C1COc2ccccc21. The van der Waals surface area contributed by atoms with E-state index >= 15 is 0 Å². The van der Waals surface area contributed by atoms with E-state index in [0.29, 0.717) is 11.4 Å². The predicted molar refractivity (Wildman–Crippen MR) is 82.9 cm³/mol. The van der Waals surface area contributed by atoms with Gasteiger partial charge in [-0.3, -0.25) is 9.67 Å². The predicted octanol–water partition coefficient (Wildman–Crippen LogP) is 3.59. The van der Waals surface area contributed by atoms with E-state index in [9.17, 15) is 0 Å². The molecule has 0 spiro atoms. The molecule has 1 aliphatic heterocycles. The number of fused-ring (bicyclic) bond motifs is 1. The second kappa shape index (κ2) is 4.86. The Labute approximate surface area is 127 Å². The van der Waals surface area contributed by atoms with Crippen LogP contribution >= 0.6 is 12.2 Å². The highest BCUT2D eigenvalue weighted by molar-refractivity contribution is 7.71. The molecule has 1 atom stereocenters. The molecular formula is C16H13N3OS. The molecule has 1 aliphatic rings. The summed E-state index contributed by atoms with van der Waals surface area (Å²) in [6.07, 6.45) is 0. The summed E-state index contributed by atoms with van der Waals surface area (Å²) in [6.45, 7) is 0.576. The highest BCUT2D eigenvalue weighted by Gasteiger charge is 2.28. The summed E-state index contributed by atoms with van der Waals surface area (Å²) in [5, 5.41) is 7.30. The van der Waals surface area contributed by atoms with Gasteiger partial charge < -0.3 is 4.74 Å². The van der Waals surface area contributed by atoms with E-state index in [2.05, 4.69) is 16.3 Å². The molecule has 5 heteroatoms. The summed E-state index contributed by atoms with van der Waals surface area (Å²) < 4.78 is 8.42. The van der Waals surface area contributed by atoms with E-state index in [1.807, 2.05) is 53.1 Å². The molecule has 0 fully saturated rings. The third-order valence-corrected chi connectivity index (χ3v) is 4.01. The van der Waals surface area contributed by atoms with Gasteiger partial charge in [-0.2, -0.15) is 5.10 Å². The maximum atomic E-state index is 5.77. The average Bonchev–Trinajstić information content (AvgIpc) is 3.11. The molecule has 2 heterocycles. The van der Waals surface area contributed by atoms with Crippen LogP contribution in [0, 0.1) is 4.77 Å². The van der Waals surface area contributed by atoms with E-state index < -0.39 is 0 Å². The molecule has 0 saturated carbocycles. The summed E-state index contributed by atoms with van der Waals surface area (Å²) >= 11 is 5.43. The van der Waals surface area contributed by atoms with Crippen LogP contribution in [0.2, 0.25) is 0 Å². The Morgan fingerprint density at radius 1 is 1.10 bits per heavy atom. The Balaban J connectivity index is 1.88. The Morgan fingerprint density at radius 3 is 2.71 bits per heavy atom. The van der Waals surface area contributed by atoms with Crippen LogP contribution < -0.4 is 4.74 Å². The molecular weight excluding hydrogens is 282 g/mol. The second-order valence-corrected chi connectivity index (χ2v) is 5.34. The minimum absolute atomic E-state index is 0.0580. The molecule has 4 rings (SSSR count). The fraction of sp³-hybridized carbons (Fsp3) is 0.125. The third kappa shape index (κ3) is 1.97. The van der Waals surface area contributed by atoms with Crippen molar-refractivity contribution in [3.63, 3.8) is 0 Å². The van der Waals surface area contributed by atoms with Crippen LogP contribution in [0.5, 0.6) is 5.75 Å². The van der Waals surface area contributed by atoms with Crippen LogP contribution in [0.4, 0.5) is 0 Å². The van der Waals surface area contributed by atoms with E-state index in [1.54, 1.807) is 0 Å². The van der Waals surface area contributed by atoms with Crippen molar-refractivity contribution in [1.82, 2.24) is 14.8 Å². The van der Waals surface area contributed by atoms with Crippen molar-refractivity contribution >= 4 is 12.2 Å². The average molecular weight is 295 g/mol. The molecule has 0 aliphatic carbocycles. The molecule has 1 N–H and O–H groups in total. The number of nitrogens with zero attached hydrogens (tertiary/aromatic N) is 2. The lowest BCUT2D eigenvalue weighted by Gasteiger charge is -2.13. The first-order valence-corrected chi connectivity index (χ1v) is 7.19. The number of benzene rings is 2. The van der Waals surface area contributed by atoms with Gasteiger partial charge in [-0.15, -0.1) is 0 Å². The minimum Gasteiger partial charge on any atom is -0.491 e. The Morgan fingerprint density at radius 2 is 1.86 bits per heavy atom. The molecule has 0 bridgehead atoms. The van der Waals surface area contributed by atoms with E-state index in [-0.39, 0.29) is 6.04 Å². The van der Waals surface area contributed by atoms with Gasteiger partial charge in [-0.1, -0.05) is 48.5 Å². The smallest absolute Gasteiger partial charge is 0.196 e. The minimum atomic E-state index is 0.0580. The maximum absolute atomic E-state index is 5.77. The van der Waals surface area contributed by atoms with E-state index in [1.165, 1.54) is 0 Å². The zero-order valence-electron chi connectivity index (χ0n) is 11.2. The number of aromatic amines is 1. The molecule has 0 radical (unpaired) electrons. The van der Waals surface area contributed by atoms with Gasteiger partial charge in [0.05, 0.1) is 0 Å². The van der Waals surface area contributed by atoms with Crippen molar-refractivity contribution in [2.45, 2.75) is 6.04 Å². The van der Waals surface area contributed by atoms with Crippen molar-refractivity contribution in [2.24, 2.45) is 0 Å². The molecule has 0 saturated heterocycles. The highest BCUT2D eigenvalue weighted by atomic mass is 32.1. The normalized spacial score (nSPS) is 16.5. The van der Waals surface area contributed by atoms with E-state index in [4.69, 9.17) is 17.0 Å². The Bertz CT molecular complexity index is 838. The number of ether oxygens (including phenoxy) is 1. The largest absolute Gasteiger partial charge is 0.491 e.